The predicted octanol–water partition coefficient (Wildman–Crippen LogP) is 3.18. The van der Waals surface area contributed by atoms with Gasteiger partial charge in [0.2, 0.25) is 0 Å². The average molecular weight is 296 g/mol. The number of para-hydroxylation sites is 1. The van der Waals surface area contributed by atoms with Gasteiger partial charge in [-0.25, -0.2) is 4.79 Å². The minimum Gasteiger partial charge on any atom is -0.456 e. The molecular formula is C17H16N2O3. The zero-order valence-electron chi connectivity index (χ0n) is 12.0. The minimum absolute atomic E-state index is 0.188. The van der Waals surface area contributed by atoms with Gasteiger partial charge in [-0.15, -0.1) is 0 Å². The molecule has 2 N–H and O–H groups in total. The number of β-amino-alcohol motifs (C(OH)–C–C–N with tert-alkyl or cyclic N) is 1. The Bertz CT molecular complexity index is 855. The van der Waals surface area contributed by atoms with Gasteiger partial charge < -0.3 is 19.7 Å². The summed E-state index contributed by atoms with van der Waals surface area (Å²) in [6, 6.07) is 13.3. The SMILES string of the molecule is O=C(Nc1ccc2c(c1)oc1ccccc12)N1CC[C@H](O)C1. The van der Waals surface area contributed by atoms with Crippen LogP contribution >= 0.6 is 0 Å². The van der Waals surface area contributed by atoms with Crippen LogP contribution in [0.15, 0.2) is 46.9 Å². The van der Waals surface area contributed by atoms with Crippen molar-refractivity contribution < 1.29 is 14.3 Å². The molecule has 2 aromatic carbocycles. The maximum atomic E-state index is 12.1. The second kappa shape index (κ2) is 5.03. The van der Waals surface area contributed by atoms with E-state index in [1.54, 1.807) is 4.90 Å². The lowest BCUT2D eigenvalue weighted by Gasteiger charge is -2.16. The molecule has 0 bridgehead atoms. The highest BCUT2D eigenvalue weighted by Crippen LogP contribution is 2.30. The Morgan fingerprint density at radius 1 is 1.18 bits per heavy atom. The summed E-state index contributed by atoms with van der Waals surface area (Å²) in [5.41, 5.74) is 2.28. The number of benzene rings is 2. The van der Waals surface area contributed by atoms with Crippen LogP contribution in [0.3, 0.4) is 0 Å². The molecule has 112 valence electrons. The summed E-state index contributed by atoms with van der Waals surface area (Å²) in [6.07, 6.45) is 0.222. The van der Waals surface area contributed by atoms with Crippen molar-refractivity contribution in [2.24, 2.45) is 0 Å². The van der Waals surface area contributed by atoms with Gasteiger partial charge in [0, 0.05) is 35.6 Å². The smallest absolute Gasteiger partial charge is 0.321 e. The summed E-state index contributed by atoms with van der Waals surface area (Å²) >= 11 is 0. The highest BCUT2D eigenvalue weighted by atomic mass is 16.3. The molecule has 3 aromatic rings. The van der Waals surface area contributed by atoms with E-state index in [9.17, 15) is 9.90 Å². The Morgan fingerprint density at radius 3 is 2.82 bits per heavy atom. The summed E-state index contributed by atoms with van der Waals surface area (Å²) in [7, 11) is 0. The fourth-order valence-electron chi connectivity index (χ4n) is 2.93. The van der Waals surface area contributed by atoms with E-state index >= 15 is 0 Å². The van der Waals surface area contributed by atoms with Crippen molar-refractivity contribution >= 4 is 33.7 Å². The minimum atomic E-state index is -0.413. The number of furan rings is 1. The second-order valence-electron chi connectivity index (χ2n) is 5.63. The fraction of sp³-hybridized carbons (Fsp3) is 0.235. The van der Waals surface area contributed by atoms with E-state index in [0.29, 0.717) is 25.2 Å². The summed E-state index contributed by atoms with van der Waals surface area (Å²) in [4.78, 5) is 13.8. The summed E-state index contributed by atoms with van der Waals surface area (Å²) in [5, 5.41) is 14.5. The van der Waals surface area contributed by atoms with Gasteiger partial charge in [-0.05, 0) is 24.6 Å². The Labute approximate surface area is 127 Å². The number of aliphatic hydroxyl groups is 1. The normalized spacial score (nSPS) is 18.2. The van der Waals surface area contributed by atoms with Gasteiger partial charge in [0.1, 0.15) is 11.2 Å². The van der Waals surface area contributed by atoms with Crippen LogP contribution in [-0.2, 0) is 0 Å². The molecule has 1 atom stereocenters. The number of amides is 2. The molecule has 2 heterocycles. The Morgan fingerprint density at radius 2 is 2.00 bits per heavy atom. The first-order chi connectivity index (χ1) is 10.7. The number of fused-ring (bicyclic) bond motifs is 3. The number of urea groups is 1. The van der Waals surface area contributed by atoms with Crippen molar-refractivity contribution in [2.75, 3.05) is 18.4 Å². The number of likely N-dealkylation sites (tertiary alicyclic amines) is 1. The third kappa shape index (κ3) is 2.19. The monoisotopic (exact) mass is 296 g/mol. The van der Waals surface area contributed by atoms with Gasteiger partial charge in [-0.3, -0.25) is 0 Å². The molecule has 0 spiro atoms. The standard InChI is InChI=1S/C17H16N2O3/c20-12-7-8-19(10-12)17(21)18-11-5-6-14-13-3-1-2-4-15(13)22-16(14)9-11/h1-6,9,12,20H,7-8,10H2,(H,18,21)/t12-/m0/s1. The topological polar surface area (TPSA) is 65.7 Å². The van der Waals surface area contributed by atoms with Crippen LogP contribution in [0.4, 0.5) is 10.5 Å². The zero-order chi connectivity index (χ0) is 15.1. The third-order valence-corrected chi connectivity index (χ3v) is 4.08. The van der Waals surface area contributed by atoms with E-state index in [0.717, 1.165) is 21.9 Å². The lowest BCUT2D eigenvalue weighted by atomic mass is 10.1. The fourth-order valence-corrected chi connectivity index (χ4v) is 2.93. The van der Waals surface area contributed by atoms with E-state index in [4.69, 9.17) is 4.42 Å². The molecule has 22 heavy (non-hydrogen) atoms. The summed E-state index contributed by atoms with van der Waals surface area (Å²) < 4.78 is 5.81. The number of anilines is 1. The largest absolute Gasteiger partial charge is 0.456 e. The molecule has 4 rings (SSSR count). The van der Waals surface area contributed by atoms with Crippen molar-refractivity contribution in [2.45, 2.75) is 12.5 Å². The van der Waals surface area contributed by atoms with Gasteiger partial charge in [0.25, 0.3) is 0 Å². The number of hydrogen-bond acceptors (Lipinski definition) is 3. The van der Waals surface area contributed by atoms with Crippen molar-refractivity contribution in [1.29, 1.82) is 0 Å². The number of nitrogens with one attached hydrogen (secondary N) is 1. The molecule has 0 unspecified atom stereocenters. The van der Waals surface area contributed by atoms with Crippen molar-refractivity contribution in [3.8, 4) is 0 Å². The molecule has 1 fully saturated rings. The first-order valence-electron chi connectivity index (χ1n) is 7.36. The molecule has 0 saturated carbocycles. The lowest BCUT2D eigenvalue weighted by Crippen LogP contribution is -2.33. The highest BCUT2D eigenvalue weighted by Gasteiger charge is 2.24. The molecule has 1 aliphatic rings. The van der Waals surface area contributed by atoms with Crippen LogP contribution < -0.4 is 5.32 Å². The molecule has 1 aromatic heterocycles. The molecule has 1 saturated heterocycles. The quantitative estimate of drug-likeness (QED) is 0.725. The molecule has 0 radical (unpaired) electrons. The van der Waals surface area contributed by atoms with Gasteiger partial charge in [-0.1, -0.05) is 18.2 Å². The number of carbonyl (C=O) groups is 1. The van der Waals surface area contributed by atoms with Crippen LogP contribution in [0.2, 0.25) is 0 Å². The Hall–Kier alpha value is -2.53. The molecule has 0 aliphatic carbocycles. The first kappa shape index (κ1) is 13.2. The number of hydrogen-bond donors (Lipinski definition) is 2. The summed E-state index contributed by atoms with van der Waals surface area (Å²) in [6.45, 7) is 0.971. The van der Waals surface area contributed by atoms with Gasteiger partial charge in [0.05, 0.1) is 6.10 Å². The van der Waals surface area contributed by atoms with Crippen LogP contribution in [-0.4, -0.2) is 35.2 Å². The van der Waals surface area contributed by atoms with Crippen molar-refractivity contribution in [3.63, 3.8) is 0 Å². The van der Waals surface area contributed by atoms with Crippen molar-refractivity contribution in [1.82, 2.24) is 4.90 Å². The Balaban J connectivity index is 1.62. The Kier molecular flexibility index (Phi) is 3.01. The molecular weight excluding hydrogens is 280 g/mol. The molecule has 5 nitrogen and oxygen atoms in total. The van der Waals surface area contributed by atoms with Gasteiger partial charge in [-0.2, -0.15) is 0 Å². The average Bonchev–Trinajstić information content (AvgIpc) is 3.10. The second-order valence-corrected chi connectivity index (χ2v) is 5.63. The lowest BCUT2D eigenvalue weighted by molar-refractivity contribution is 0.176. The van der Waals surface area contributed by atoms with Gasteiger partial charge >= 0.3 is 6.03 Å². The van der Waals surface area contributed by atoms with E-state index in [1.807, 2.05) is 42.5 Å². The van der Waals surface area contributed by atoms with E-state index in [2.05, 4.69) is 5.32 Å². The van der Waals surface area contributed by atoms with Crippen LogP contribution in [0.1, 0.15) is 6.42 Å². The van der Waals surface area contributed by atoms with E-state index in [-0.39, 0.29) is 6.03 Å². The van der Waals surface area contributed by atoms with Crippen LogP contribution in [0.5, 0.6) is 0 Å². The number of nitrogens with zero attached hydrogens (tertiary/aromatic N) is 1. The zero-order valence-corrected chi connectivity index (χ0v) is 12.0. The third-order valence-electron chi connectivity index (χ3n) is 4.08. The first-order valence-corrected chi connectivity index (χ1v) is 7.36. The predicted molar refractivity (Wildman–Crippen MR) is 84.9 cm³/mol. The van der Waals surface area contributed by atoms with E-state index in [1.165, 1.54) is 0 Å². The van der Waals surface area contributed by atoms with Crippen LogP contribution in [0.25, 0.3) is 21.9 Å². The number of aliphatic hydroxyl groups excluding tert-OH is 1. The highest BCUT2D eigenvalue weighted by molar-refractivity contribution is 6.06. The summed E-state index contributed by atoms with van der Waals surface area (Å²) in [5.74, 6) is 0. The maximum Gasteiger partial charge on any atom is 0.321 e. The maximum absolute atomic E-state index is 12.1. The molecule has 2 amide bonds. The van der Waals surface area contributed by atoms with E-state index < -0.39 is 6.10 Å². The van der Waals surface area contributed by atoms with Crippen LogP contribution in [0, 0.1) is 0 Å². The number of carbonyl (C=O) groups excluding carboxylic acids is 1. The van der Waals surface area contributed by atoms with Crippen molar-refractivity contribution in [3.05, 3.63) is 42.5 Å². The molecule has 5 heteroatoms. The number of rotatable bonds is 1. The molecule has 1 aliphatic heterocycles. The van der Waals surface area contributed by atoms with Gasteiger partial charge in [0.15, 0.2) is 0 Å².